The summed E-state index contributed by atoms with van der Waals surface area (Å²) in [6.45, 7) is 5.30. The largest absolute Gasteiger partial charge is 0.501 e. The summed E-state index contributed by atoms with van der Waals surface area (Å²) < 4.78 is 9.77. The number of carbonyl (C=O) groups excluding carboxylic acids is 1. The van der Waals surface area contributed by atoms with E-state index < -0.39 is 11.7 Å². The fourth-order valence-electron chi connectivity index (χ4n) is 1.39. The molecule has 0 fully saturated rings. The Morgan fingerprint density at radius 2 is 2.42 bits per heavy atom. The predicted molar refractivity (Wildman–Crippen MR) is 66.6 cm³/mol. The first-order valence-corrected chi connectivity index (χ1v) is 5.59. The summed E-state index contributed by atoms with van der Waals surface area (Å²) in [5.74, 6) is -1.40. The number of aliphatic hydroxyl groups excluding tert-OH is 1. The number of aromatic nitrogens is 1. The van der Waals surface area contributed by atoms with Crippen LogP contribution in [0.3, 0.4) is 0 Å². The summed E-state index contributed by atoms with van der Waals surface area (Å²) in [5, 5.41) is 21.6. The minimum absolute atomic E-state index is 0.0477. The standard InChI is InChI=1S/C12H13N3O4/c1-3-4-5-6-18-12(17)11-10(8(2)15-19-11)9(16)7-14-13/h3,7H,1,4-6H2,2H3/p+1/b9-7-. The monoisotopic (exact) mass is 264 g/mol. The van der Waals surface area contributed by atoms with E-state index in [2.05, 4.69) is 16.7 Å². The Hall–Kier alpha value is -2.62. The van der Waals surface area contributed by atoms with Crippen molar-refractivity contribution in [2.24, 2.45) is 0 Å². The van der Waals surface area contributed by atoms with Crippen molar-refractivity contribution in [1.29, 1.82) is 5.39 Å². The van der Waals surface area contributed by atoms with E-state index >= 15 is 0 Å². The number of hydrogen-bond donors (Lipinski definition) is 1. The molecule has 1 rings (SSSR count). The number of aryl methyl sites for hydroxylation is 1. The summed E-state index contributed by atoms with van der Waals surface area (Å²) in [5.41, 5.74) is 0.335. The van der Waals surface area contributed by atoms with Crippen LogP contribution in [0, 0.1) is 12.3 Å². The van der Waals surface area contributed by atoms with Crippen LogP contribution in [0.25, 0.3) is 10.7 Å². The topological polar surface area (TPSA) is 101 Å². The van der Waals surface area contributed by atoms with Crippen molar-refractivity contribution < 1.29 is 19.2 Å². The molecule has 0 radical (unpaired) electrons. The first-order valence-electron chi connectivity index (χ1n) is 5.59. The van der Waals surface area contributed by atoms with Crippen molar-refractivity contribution in [3.63, 3.8) is 0 Å². The molecule has 0 saturated carbocycles. The number of nitrogens with zero attached hydrogens (tertiary/aromatic N) is 3. The molecule has 7 nitrogen and oxygen atoms in total. The lowest BCUT2D eigenvalue weighted by molar-refractivity contribution is 0.0453. The molecule has 0 spiro atoms. The number of diazo groups is 1. The van der Waals surface area contributed by atoms with Gasteiger partial charge < -0.3 is 14.4 Å². The molecule has 1 N–H and O–H groups in total. The normalized spacial score (nSPS) is 10.8. The highest BCUT2D eigenvalue weighted by Gasteiger charge is 2.26. The van der Waals surface area contributed by atoms with Crippen LogP contribution in [0.2, 0.25) is 0 Å². The molecular formula is C12H14N3O4+. The summed E-state index contributed by atoms with van der Waals surface area (Å²) in [7, 11) is 0. The average molecular weight is 264 g/mol. The van der Waals surface area contributed by atoms with Gasteiger partial charge in [0.15, 0.2) is 4.98 Å². The number of esters is 1. The Morgan fingerprint density at radius 3 is 3.05 bits per heavy atom. The molecule has 0 unspecified atom stereocenters. The third-order valence-corrected chi connectivity index (χ3v) is 2.27. The van der Waals surface area contributed by atoms with Crippen LogP contribution >= 0.6 is 0 Å². The molecular weight excluding hydrogens is 250 g/mol. The number of carbonyl (C=O) groups is 1. The predicted octanol–water partition coefficient (Wildman–Crippen LogP) is 2.82. The molecule has 0 aliphatic rings. The molecule has 1 aromatic heterocycles. The van der Waals surface area contributed by atoms with Crippen LogP contribution in [0.15, 0.2) is 23.4 Å². The van der Waals surface area contributed by atoms with Crippen LogP contribution in [0.4, 0.5) is 0 Å². The molecule has 0 aromatic carbocycles. The van der Waals surface area contributed by atoms with Gasteiger partial charge in [-0.2, -0.15) is 0 Å². The third kappa shape index (κ3) is 3.67. The maximum Gasteiger partial charge on any atom is 0.392 e. The van der Waals surface area contributed by atoms with Crippen LogP contribution in [0.1, 0.15) is 34.7 Å². The Kier molecular flexibility index (Phi) is 5.29. The summed E-state index contributed by atoms with van der Waals surface area (Å²) in [4.78, 5) is 14.4. The molecule has 0 bridgehead atoms. The molecule has 1 aromatic rings. The first kappa shape index (κ1) is 14.4. The van der Waals surface area contributed by atoms with E-state index in [1.807, 2.05) is 0 Å². The molecule has 100 valence electrons. The van der Waals surface area contributed by atoms with Gasteiger partial charge in [0.1, 0.15) is 5.56 Å². The van der Waals surface area contributed by atoms with E-state index in [1.165, 1.54) is 6.92 Å². The average Bonchev–Trinajstić information content (AvgIpc) is 2.77. The fraction of sp³-hybridized carbons (Fsp3) is 0.333. The quantitative estimate of drug-likeness (QED) is 0.279. The lowest BCUT2D eigenvalue weighted by atomic mass is 10.1. The maximum absolute atomic E-state index is 11.7. The summed E-state index contributed by atoms with van der Waals surface area (Å²) in [6.07, 6.45) is 3.86. The van der Waals surface area contributed by atoms with E-state index in [1.54, 1.807) is 6.08 Å². The van der Waals surface area contributed by atoms with Crippen molar-refractivity contribution in [2.75, 3.05) is 6.61 Å². The van der Waals surface area contributed by atoms with Crippen molar-refractivity contribution in [3.05, 3.63) is 40.8 Å². The highest BCUT2D eigenvalue weighted by molar-refractivity contribution is 5.92. The van der Waals surface area contributed by atoms with E-state index in [0.29, 0.717) is 6.42 Å². The first-order chi connectivity index (χ1) is 9.11. The van der Waals surface area contributed by atoms with Gasteiger partial charge in [-0.15, -0.1) is 6.58 Å². The number of unbranched alkanes of at least 4 members (excludes halogenated alkanes) is 1. The zero-order valence-corrected chi connectivity index (χ0v) is 10.5. The minimum atomic E-state index is -0.738. The number of ether oxygens (including phenoxy) is 1. The molecule has 0 amide bonds. The summed E-state index contributed by atoms with van der Waals surface area (Å²) in [6, 6.07) is 0. The SMILES string of the molecule is C=CCCCOC(=O)c1onc(C)c1/C(O)=C/[N+]#N. The molecule has 0 aliphatic carbocycles. The number of allylic oxidation sites excluding steroid dienone is 1. The van der Waals surface area contributed by atoms with Crippen LogP contribution in [-0.2, 0) is 4.74 Å². The van der Waals surface area contributed by atoms with Gasteiger partial charge in [-0.05, 0) is 19.8 Å². The molecule has 0 aliphatic heterocycles. The van der Waals surface area contributed by atoms with Gasteiger partial charge in [0, 0.05) is 0 Å². The second-order valence-corrected chi connectivity index (χ2v) is 3.67. The second kappa shape index (κ2) is 6.96. The lowest BCUT2D eigenvalue weighted by Crippen LogP contribution is -2.07. The van der Waals surface area contributed by atoms with Crippen molar-refractivity contribution in [2.45, 2.75) is 19.8 Å². The van der Waals surface area contributed by atoms with Crippen molar-refractivity contribution >= 4 is 11.7 Å². The van der Waals surface area contributed by atoms with Gasteiger partial charge in [0.05, 0.1) is 12.3 Å². The van der Waals surface area contributed by atoms with Gasteiger partial charge in [0.2, 0.25) is 11.2 Å². The van der Waals surface area contributed by atoms with Gasteiger partial charge in [-0.1, -0.05) is 11.2 Å². The van der Waals surface area contributed by atoms with E-state index in [9.17, 15) is 9.90 Å². The Balaban J connectivity index is 2.84. The minimum Gasteiger partial charge on any atom is -0.501 e. The van der Waals surface area contributed by atoms with Gasteiger partial charge in [-0.25, -0.2) is 4.79 Å². The molecule has 0 atom stereocenters. The van der Waals surface area contributed by atoms with Gasteiger partial charge >= 0.3 is 12.2 Å². The third-order valence-electron chi connectivity index (χ3n) is 2.27. The van der Waals surface area contributed by atoms with Crippen LogP contribution in [0.5, 0.6) is 0 Å². The Bertz CT molecular complexity index is 540. The van der Waals surface area contributed by atoms with Gasteiger partial charge in [-0.3, -0.25) is 0 Å². The number of hydrogen-bond acceptors (Lipinski definition) is 6. The highest BCUT2D eigenvalue weighted by atomic mass is 16.6. The molecule has 0 saturated heterocycles. The molecule has 1 heterocycles. The smallest absolute Gasteiger partial charge is 0.392 e. The Morgan fingerprint density at radius 1 is 1.68 bits per heavy atom. The lowest BCUT2D eigenvalue weighted by Gasteiger charge is -2.01. The molecule has 19 heavy (non-hydrogen) atoms. The zero-order chi connectivity index (χ0) is 14.3. The summed E-state index contributed by atoms with van der Waals surface area (Å²) >= 11 is 0. The van der Waals surface area contributed by atoms with Crippen LogP contribution < -0.4 is 0 Å². The molecule has 7 heteroatoms. The number of aliphatic hydroxyl groups is 1. The zero-order valence-electron chi connectivity index (χ0n) is 10.5. The second-order valence-electron chi connectivity index (χ2n) is 3.67. The van der Waals surface area contributed by atoms with E-state index in [0.717, 1.165) is 12.6 Å². The van der Waals surface area contributed by atoms with Crippen molar-refractivity contribution in [3.8, 4) is 0 Å². The maximum atomic E-state index is 11.7. The Labute approximate surface area is 109 Å². The van der Waals surface area contributed by atoms with E-state index in [4.69, 9.17) is 14.7 Å². The van der Waals surface area contributed by atoms with Gasteiger partial charge in [0.25, 0.3) is 5.76 Å². The number of rotatable bonds is 6. The van der Waals surface area contributed by atoms with E-state index in [-0.39, 0.29) is 23.6 Å². The van der Waals surface area contributed by atoms with Crippen LogP contribution in [-0.4, -0.2) is 22.8 Å². The highest BCUT2D eigenvalue weighted by Crippen LogP contribution is 2.22. The van der Waals surface area contributed by atoms with Crippen molar-refractivity contribution in [1.82, 2.24) is 5.16 Å². The fourth-order valence-corrected chi connectivity index (χ4v) is 1.39.